The van der Waals surface area contributed by atoms with Gasteiger partial charge in [0.1, 0.15) is 5.75 Å². The van der Waals surface area contributed by atoms with E-state index in [1.807, 2.05) is 6.07 Å². The number of benzene rings is 1. The zero-order valence-corrected chi connectivity index (χ0v) is 8.20. The summed E-state index contributed by atoms with van der Waals surface area (Å²) in [5, 5.41) is 8.86. The Hall–Kier alpha value is -2.43. The molecule has 0 atom stereocenters. The van der Waals surface area contributed by atoms with Crippen molar-refractivity contribution in [2.75, 3.05) is 0 Å². The number of nitrogens with zero attached hydrogens (tertiary/aromatic N) is 2. The number of aromatic carboxylic acids is 1. The number of ether oxygens (including phenoxy) is 1. The van der Waals surface area contributed by atoms with Gasteiger partial charge in [0.2, 0.25) is 5.69 Å². The van der Waals surface area contributed by atoms with Crippen LogP contribution in [0.25, 0.3) is 0 Å². The van der Waals surface area contributed by atoms with Gasteiger partial charge in [0, 0.05) is 12.4 Å². The minimum Gasteiger partial charge on any atom is -0.476 e. The largest absolute Gasteiger partial charge is 0.476 e. The lowest BCUT2D eigenvalue weighted by Gasteiger charge is -2.05. The highest BCUT2D eigenvalue weighted by molar-refractivity contribution is 5.87. The van der Waals surface area contributed by atoms with Crippen LogP contribution in [0.1, 0.15) is 10.5 Å². The first-order valence-corrected chi connectivity index (χ1v) is 4.54. The molecular formula is C11H8N2O3. The molecule has 2 rings (SSSR count). The van der Waals surface area contributed by atoms with Crippen LogP contribution >= 0.6 is 0 Å². The first-order valence-electron chi connectivity index (χ1n) is 4.54. The minimum atomic E-state index is -1.17. The van der Waals surface area contributed by atoms with Crippen molar-refractivity contribution in [1.82, 2.24) is 9.97 Å². The van der Waals surface area contributed by atoms with Crippen LogP contribution in [0.4, 0.5) is 0 Å². The number of hydrogen-bond acceptors (Lipinski definition) is 4. The molecule has 1 heterocycles. The zero-order chi connectivity index (χ0) is 11.4. The first-order chi connectivity index (χ1) is 7.77. The van der Waals surface area contributed by atoms with Gasteiger partial charge in [-0.1, -0.05) is 18.2 Å². The molecule has 80 valence electrons. The first kappa shape index (κ1) is 10.1. The Labute approximate surface area is 91.4 Å². The van der Waals surface area contributed by atoms with Crippen molar-refractivity contribution >= 4 is 5.97 Å². The average molecular weight is 216 g/mol. The van der Waals surface area contributed by atoms with Gasteiger partial charge in [-0.3, -0.25) is 0 Å². The third-order valence-corrected chi connectivity index (χ3v) is 1.82. The van der Waals surface area contributed by atoms with Crippen LogP contribution in [-0.4, -0.2) is 21.0 Å². The summed E-state index contributed by atoms with van der Waals surface area (Å²) >= 11 is 0. The molecule has 5 heteroatoms. The van der Waals surface area contributed by atoms with Crippen molar-refractivity contribution in [1.29, 1.82) is 0 Å². The van der Waals surface area contributed by atoms with E-state index in [2.05, 4.69) is 9.97 Å². The van der Waals surface area contributed by atoms with E-state index in [1.54, 1.807) is 24.3 Å². The third-order valence-electron chi connectivity index (χ3n) is 1.82. The molecule has 0 aliphatic heterocycles. The smallest absolute Gasteiger partial charge is 0.360 e. The molecule has 0 spiro atoms. The Bertz CT molecular complexity index is 500. The second-order valence-electron chi connectivity index (χ2n) is 2.93. The molecule has 0 saturated carbocycles. The number of aromatic nitrogens is 2. The predicted molar refractivity (Wildman–Crippen MR) is 55.5 cm³/mol. The predicted octanol–water partition coefficient (Wildman–Crippen LogP) is 1.97. The third kappa shape index (κ3) is 2.14. The molecule has 2 aromatic rings. The lowest BCUT2D eigenvalue weighted by molar-refractivity contribution is 0.0686. The molecular weight excluding hydrogens is 208 g/mol. The van der Waals surface area contributed by atoms with Crippen molar-refractivity contribution in [3.8, 4) is 11.6 Å². The number of carboxylic acid groups (broad SMARTS) is 1. The average Bonchev–Trinajstić information content (AvgIpc) is 2.31. The highest BCUT2D eigenvalue weighted by Gasteiger charge is 2.14. The number of carbonyl (C=O) groups is 1. The summed E-state index contributed by atoms with van der Waals surface area (Å²) in [5.74, 6) is -0.661. The van der Waals surface area contributed by atoms with E-state index in [4.69, 9.17) is 9.84 Å². The molecule has 0 aliphatic carbocycles. The van der Waals surface area contributed by atoms with Crippen LogP contribution < -0.4 is 4.74 Å². The molecule has 0 amide bonds. The minimum absolute atomic E-state index is 0.0128. The number of para-hydroxylation sites is 1. The maximum Gasteiger partial charge on any atom is 0.360 e. The van der Waals surface area contributed by atoms with E-state index in [0.717, 1.165) is 0 Å². The van der Waals surface area contributed by atoms with Crippen molar-refractivity contribution in [3.05, 3.63) is 48.4 Å². The molecule has 0 unspecified atom stereocenters. The van der Waals surface area contributed by atoms with E-state index in [1.165, 1.54) is 12.4 Å². The SMILES string of the molecule is O=C(O)c1nccnc1Oc1ccccc1. The number of hydrogen-bond donors (Lipinski definition) is 1. The van der Waals surface area contributed by atoms with Crippen LogP contribution in [-0.2, 0) is 0 Å². The van der Waals surface area contributed by atoms with E-state index in [9.17, 15) is 4.79 Å². The van der Waals surface area contributed by atoms with Gasteiger partial charge in [-0.25, -0.2) is 14.8 Å². The van der Waals surface area contributed by atoms with E-state index >= 15 is 0 Å². The highest BCUT2D eigenvalue weighted by Crippen LogP contribution is 2.20. The van der Waals surface area contributed by atoms with E-state index in [-0.39, 0.29) is 11.6 Å². The molecule has 0 aliphatic rings. The molecule has 1 N–H and O–H groups in total. The van der Waals surface area contributed by atoms with Crippen LogP contribution in [0.2, 0.25) is 0 Å². The lowest BCUT2D eigenvalue weighted by atomic mass is 10.3. The van der Waals surface area contributed by atoms with Gasteiger partial charge < -0.3 is 9.84 Å². The summed E-state index contributed by atoms with van der Waals surface area (Å²) in [5.41, 5.74) is -0.202. The van der Waals surface area contributed by atoms with Crippen LogP contribution in [0.15, 0.2) is 42.7 Å². The summed E-state index contributed by atoms with van der Waals surface area (Å²) in [7, 11) is 0. The molecule has 1 aromatic heterocycles. The Kier molecular flexibility index (Phi) is 2.77. The maximum atomic E-state index is 10.8. The van der Waals surface area contributed by atoms with Gasteiger partial charge in [-0.05, 0) is 12.1 Å². The molecule has 1 aromatic carbocycles. The molecule has 0 saturated heterocycles. The molecule has 5 nitrogen and oxygen atoms in total. The maximum absolute atomic E-state index is 10.8. The highest BCUT2D eigenvalue weighted by atomic mass is 16.5. The Morgan fingerprint density at radius 3 is 2.50 bits per heavy atom. The summed E-state index contributed by atoms with van der Waals surface area (Å²) in [6.45, 7) is 0. The van der Waals surface area contributed by atoms with Gasteiger partial charge in [0.25, 0.3) is 5.88 Å². The van der Waals surface area contributed by atoms with Crippen molar-refractivity contribution in [2.24, 2.45) is 0 Å². The van der Waals surface area contributed by atoms with Crippen molar-refractivity contribution in [3.63, 3.8) is 0 Å². The van der Waals surface area contributed by atoms with Crippen LogP contribution in [0.5, 0.6) is 11.6 Å². The molecule has 0 radical (unpaired) electrons. The zero-order valence-electron chi connectivity index (χ0n) is 8.20. The van der Waals surface area contributed by atoms with Crippen LogP contribution in [0.3, 0.4) is 0 Å². The second-order valence-corrected chi connectivity index (χ2v) is 2.93. The number of rotatable bonds is 3. The van der Waals surface area contributed by atoms with Crippen molar-refractivity contribution in [2.45, 2.75) is 0 Å². The quantitative estimate of drug-likeness (QED) is 0.849. The molecule has 16 heavy (non-hydrogen) atoms. The standard InChI is InChI=1S/C11H8N2O3/c14-11(15)9-10(13-7-6-12-9)16-8-4-2-1-3-5-8/h1-7H,(H,14,15). The van der Waals surface area contributed by atoms with Gasteiger partial charge in [-0.15, -0.1) is 0 Å². The Morgan fingerprint density at radius 2 is 1.81 bits per heavy atom. The monoisotopic (exact) mass is 216 g/mol. The van der Waals surface area contributed by atoms with Crippen molar-refractivity contribution < 1.29 is 14.6 Å². The second kappa shape index (κ2) is 4.39. The lowest BCUT2D eigenvalue weighted by Crippen LogP contribution is -2.04. The van der Waals surface area contributed by atoms with Gasteiger partial charge >= 0.3 is 5.97 Å². The molecule has 0 fully saturated rings. The van der Waals surface area contributed by atoms with E-state index < -0.39 is 5.97 Å². The molecule has 0 bridgehead atoms. The van der Waals surface area contributed by atoms with Gasteiger partial charge in [0.05, 0.1) is 0 Å². The normalized spacial score (nSPS) is 9.75. The Balaban J connectivity index is 2.31. The summed E-state index contributed by atoms with van der Waals surface area (Å²) in [6, 6.07) is 8.82. The van der Waals surface area contributed by atoms with Crippen LogP contribution in [0, 0.1) is 0 Å². The summed E-state index contributed by atoms with van der Waals surface area (Å²) < 4.78 is 5.32. The fourth-order valence-corrected chi connectivity index (χ4v) is 1.15. The van der Waals surface area contributed by atoms with Gasteiger partial charge in [0.15, 0.2) is 0 Å². The fourth-order valence-electron chi connectivity index (χ4n) is 1.15. The van der Waals surface area contributed by atoms with Gasteiger partial charge in [-0.2, -0.15) is 0 Å². The Morgan fingerprint density at radius 1 is 1.12 bits per heavy atom. The summed E-state index contributed by atoms with van der Waals surface area (Å²) in [4.78, 5) is 18.3. The summed E-state index contributed by atoms with van der Waals surface area (Å²) in [6.07, 6.45) is 2.69. The number of carboxylic acids is 1. The fraction of sp³-hybridized carbons (Fsp3) is 0. The topological polar surface area (TPSA) is 72.3 Å². The van der Waals surface area contributed by atoms with E-state index in [0.29, 0.717) is 5.75 Å².